The van der Waals surface area contributed by atoms with Gasteiger partial charge >= 0.3 is 5.97 Å². The van der Waals surface area contributed by atoms with E-state index < -0.39 is 11.2 Å². The molecule has 1 N–H and O–H groups in total. The van der Waals surface area contributed by atoms with Crippen molar-refractivity contribution in [1.29, 1.82) is 0 Å². The van der Waals surface area contributed by atoms with E-state index in [0.717, 1.165) is 16.7 Å². The molecule has 2 aromatic rings. The third-order valence-corrected chi connectivity index (χ3v) is 5.09. The first-order valence-electron chi connectivity index (χ1n) is 7.08. The van der Waals surface area contributed by atoms with E-state index in [4.69, 9.17) is 11.6 Å². The van der Waals surface area contributed by atoms with Crippen molar-refractivity contribution in [2.75, 3.05) is 4.90 Å². The first-order chi connectivity index (χ1) is 11.5. The summed E-state index contributed by atoms with van der Waals surface area (Å²) in [6.45, 7) is 0. The van der Waals surface area contributed by atoms with Crippen molar-refractivity contribution >= 4 is 46.8 Å². The quantitative estimate of drug-likeness (QED) is 0.844. The number of imide groups is 1. The molecular weight excluding hydrogens is 350 g/mol. The molecule has 1 aliphatic heterocycles. The number of aromatic carboxylic acids is 1. The van der Waals surface area contributed by atoms with Crippen molar-refractivity contribution in [3.8, 4) is 0 Å². The maximum absolute atomic E-state index is 12.6. The fourth-order valence-corrected chi connectivity index (χ4v) is 3.76. The summed E-state index contributed by atoms with van der Waals surface area (Å²) in [5, 5.41) is 9.09. The van der Waals surface area contributed by atoms with Gasteiger partial charge in [0.15, 0.2) is 0 Å². The molecule has 0 unspecified atom stereocenters. The molecule has 24 heavy (non-hydrogen) atoms. The minimum absolute atomic E-state index is 0.0279. The number of carbonyl (C=O) groups excluding carboxylic acids is 2. The second-order valence-corrected chi connectivity index (χ2v) is 6.84. The Morgan fingerprint density at radius 1 is 1.12 bits per heavy atom. The van der Waals surface area contributed by atoms with Crippen LogP contribution in [0, 0.1) is 0 Å². The summed E-state index contributed by atoms with van der Waals surface area (Å²) in [7, 11) is 0. The minimum atomic E-state index is -1.07. The van der Waals surface area contributed by atoms with Crippen LogP contribution in [-0.2, 0) is 9.59 Å². The normalized spacial score (nSPS) is 17.4. The van der Waals surface area contributed by atoms with Crippen LogP contribution in [0.3, 0.4) is 0 Å². The van der Waals surface area contributed by atoms with Crippen molar-refractivity contribution < 1.29 is 19.5 Å². The van der Waals surface area contributed by atoms with E-state index >= 15 is 0 Å². The highest BCUT2D eigenvalue weighted by Gasteiger charge is 2.40. The second kappa shape index (κ2) is 6.67. The van der Waals surface area contributed by atoms with E-state index in [9.17, 15) is 19.5 Å². The predicted octanol–water partition coefficient (Wildman–Crippen LogP) is 3.46. The zero-order chi connectivity index (χ0) is 17.3. The lowest BCUT2D eigenvalue weighted by Gasteiger charge is -2.15. The number of amides is 2. The number of benzene rings is 2. The molecule has 0 aromatic heterocycles. The number of rotatable bonds is 4. The van der Waals surface area contributed by atoms with Crippen LogP contribution in [0.5, 0.6) is 0 Å². The van der Waals surface area contributed by atoms with E-state index in [1.54, 1.807) is 42.5 Å². The molecule has 7 heteroatoms. The maximum Gasteiger partial charge on any atom is 0.336 e. The fourth-order valence-electron chi connectivity index (χ4n) is 2.46. The Hall–Kier alpha value is -2.31. The summed E-state index contributed by atoms with van der Waals surface area (Å²) in [5.74, 6) is -1.73. The molecule has 0 saturated carbocycles. The molecule has 122 valence electrons. The summed E-state index contributed by atoms with van der Waals surface area (Å²) in [5.41, 5.74) is 0.580. The van der Waals surface area contributed by atoms with Crippen molar-refractivity contribution in [2.45, 2.75) is 16.6 Å². The Kier molecular flexibility index (Phi) is 4.59. The molecule has 0 bridgehead atoms. The van der Waals surface area contributed by atoms with E-state index in [-0.39, 0.29) is 23.8 Å². The molecule has 1 fully saturated rings. The van der Waals surface area contributed by atoms with E-state index in [1.165, 1.54) is 6.07 Å². The average molecular weight is 362 g/mol. The maximum atomic E-state index is 12.6. The minimum Gasteiger partial charge on any atom is -0.478 e. The smallest absolute Gasteiger partial charge is 0.336 e. The topological polar surface area (TPSA) is 74.7 Å². The lowest BCUT2D eigenvalue weighted by molar-refractivity contribution is -0.121. The average Bonchev–Trinajstić information content (AvgIpc) is 2.83. The predicted molar refractivity (Wildman–Crippen MR) is 91.6 cm³/mol. The summed E-state index contributed by atoms with van der Waals surface area (Å²) >= 11 is 6.93. The Bertz CT molecular complexity index is 822. The largest absolute Gasteiger partial charge is 0.478 e. The Labute approximate surface area is 147 Å². The lowest BCUT2D eigenvalue weighted by atomic mass is 10.2. The number of carboxylic acids is 1. The van der Waals surface area contributed by atoms with Crippen molar-refractivity contribution in [2.24, 2.45) is 0 Å². The first kappa shape index (κ1) is 16.5. The highest BCUT2D eigenvalue weighted by Crippen LogP contribution is 2.35. The van der Waals surface area contributed by atoms with Crippen molar-refractivity contribution in [3.05, 3.63) is 59.1 Å². The number of hydrogen-bond donors (Lipinski definition) is 1. The van der Waals surface area contributed by atoms with Crippen LogP contribution in [0.15, 0.2) is 53.4 Å². The van der Waals surface area contributed by atoms with Crippen LogP contribution in [0.4, 0.5) is 5.69 Å². The molecule has 0 aliphatic carbocycles. The molecule has 5 nitrogen and oxygen atoms in total. The number of nitrogens with zero attached hydrogens (tertiary/aromatic N) is 1. The van der Waals surface area contributed by atoms with Gasteiger partial charge in [0.1, 0.15) is 0 Å². The molecule has 2 amide bonds. The van der Waals surface area contributed by atoms with Gasteiger partial charge in [-0.3, -0.25) is 9.59 Å². The number of carboxylic acid groups (broad SMARTS) is 1. The van der Waals surface area contributed by atoms with Crippen molar-refractivity contribution in [3.63, 3.8) is 0 Å². The van der Waals surface area contributed by atoms with E-state index in [2.05, 4.69) is 0 Å². The zero-order valence-electron chi connectivity index (χ0n) is 12.3. The van der Waals surface area contributed by atoms with Gasteiger partial charge in [0.25, 0.3) is 0 Å². The standard InChI is InChI=1S/C17H12ClNO4S/c18-10-5-7-11(8-6-10)19-15(20)9-14(16(19)21)24-13-4-2-1-3-12(13)17(22)23/h1-8,14H,9H2,(H,22,23)/t14-/m0/s1. The number of anilines is 1. The number of hydrogen-bond acceptors (Lipinski definition) is 4. The van der Waals surface area contributed by atoms with Gasteiger partial charge in [0.2, 0.25) is 11.8 Å². The molecule has 0 radical (unpaired) electrons. The van der Waals surface area contributed by atoms with Crippen LogP contribution in [-0.4, -0.2) is 28.1 Å². The van der Waals surface area contributed by atoms with Crippen LogP contribution < -0.4 is 4.90 Å². The van der Waals surface area contributed by atoms with Crippen LogP contribution >= 0.6 is 23.4 Å². The molecule has 1 atom stereocenters. The first-order valence-corrected chi connectivity index (χ1v) is 8.34. The fraction of sp³-hybridized carbons (Fsp3) is 0.118. The zero-order valence-corrected chi connectivity index (χ0v) is 13.9. The van der Waals surface area contributed by atoms with Crippen LogP contribution in [0.25, 0.3) is 0 Å². The highest BCUT2D eigenvalue weighted by atomic mass is 35.5. The van der Waals surface area contributed by atoms with Gasteiger partial charge in [-0.25, -0.2) is 9.69 Å². The number of thioether (sulfide) groups is 1. The van der Waals surface area contributed by atoms with Crippen LogP contribution in [0.2, 0.25) is 5.02 Å². The monoisotopic (exact) mass is 361 g/mol. The lowest BCUT2D eigenvalue weighted by Crippen LogP contribution is -2.31. The molecule has 0 spiro atoms. The van der Waals surface area contributed by atoms with Gasteiger partial charge in [-0.05, 0) is 36.4 Å². The van der Waals surface area contributed by atoms with Gasteiger partial charge in [-0.15, -0.1) is 11.8 Å². The molecule has 1 saturated heterocycles. The van der Waals surface area contributed by atoms with Gasteiger partial charge in [0.05, 0.1) is 16.5 Å². The summed E-state index contributed by atoms with van der Waals surface area (Å²) in [4.78, 5) is 37.7. The molecule has 3 rings (SSSR count). The summed E-state index contributed by atoms with van der Waals surface area (Å²) in [6, 6.07) is 12.9. The second-order valence-electron chi connectivity index (χ2n) is 5.16. The molecule has 1 aliphatic rings. The Morgan fingerprint density at radius 3 is 2.46 bits per heavy atom. The van der Waals surface area contributed by atoms with E-state index in [1.807, 2.05) is 0 Å². The molecular formula is C17H12ClNO4S. The SMILES string of the molecule is O=C(O)c1ccccc1S[C@H]1CC(=O)N(c2ccc(Cl)cc2)C1=O. The molecule has 1 heterocycles. The van der Waals surface area contributed by atoms with Gasteiger partial charge in [-0.1, -0.05) is 23.7 Å². The van der Waals surface area contributed by atoms with E-state index in [0.29, 0.717) is 15.6 Å². The molecule has 2 aromatic carbocycles. The Balaban J connectivity index is 1.85. The highest BCUT2D eigenvalue weighted by molar-refractivity contribution is 8.00. The third-order valence-electron chi connectivity index (χ3n) is 3.58. The van der Waals surface area contributed by atoms with Crippen molar-refractivity contribution in [1.82, 2.24) is 0 Å². The number of halogens is 1. The Morgan fingerprint density at radius 2 is 1.79 bits per heavy atom. The summed E-state index contributed by atoms with van der Waals surface area (Å²) in [6.07, 6.45) is 0.0279. The number of carbonyl (C=O) groups is 3. The van der Waals surface area contributed by atoms with Crippen LogP contribution in [0.1, 0.15) is 16.8 Å². The van der Waals surface area contributed by atoms with Gasteiger partial charge < -0.3 is 5.11 Å². The van der Waals surface area contributed by atoms with Gasteiger partial charge in [-0.2, -0.15) is 0 Å². The van der Waals surface area contributed by atoms with Gasteiger partial charge in [0, 0.05) is 16.3 Å². The summed E-state index contributed by atoms with van der Waals surface area (Å²) < 4.78 is 0. The third kappa shape index (κ3) is 3.16.